The van der Waals surface area contributed by atoms with Gasteiger partial charge in [-0.15, -0.1) is 11.3 Å². The number of fused-ring (bicyclic) bond motifs is 1. The molecule has 1 aromatic carbocycles. The summed E-state index contributed by atoms with van der Waals surface area (Å²) >= 11 is 13.4. The topological polar surface area (TPSA) is 50.2 Å². The number of hydrogen-bond acceptors (Lipinski definition) is 3. The first kappa shape index (κ1) is 12.9. The molecule has 0 amide bonds. The summed E-state index contributed by atoms with van der Waals surface area (Å²) in [6, 6.07) is 5.33. The van der Waals surface area contributed by atoms with E-state index in [2.05, 4.69) is 4.98 Å². The van der Waals surface area contributed by atoms with Gasteiger partial charge >= 0.3 is 5.97 Å². The molecule has 0 saturated carbocycles. The zero-order valence-corrected chi connectivity index (χ0v) is 12.0. The summed E-state index contributed by atoms with van der Waals surface area (Å²) in [6.07, 6.45) is 1.43. The molecule has 3 rings (SSSR count). The van der Waals surface area contributed by atoms with Crippen molar-refractivity contribution < 1.29 is 9.90 Å². The minimum Gasteiger partial charge on any atom is -0.481 e. The van der Waals surface area contributed by atoms with Crippen molar-refractivity contribution in [1.82, 2.24) is 4.98 Å². The first-order chi connectivity index (χ1) is 9.06. The molecule has 98 valence electrons. The van der Waals surface area contributed by atoms with Crippen LogP contribution in [0.4, 0.5) is 0 Å². The molecule has 0 saturated heterocycles. The largest absolute Gasteiger partial charge is 0.481 e. The number of thiazole rings is 1. The van der Waals surface area contributed by atoms with Crippen molar-refractivity contribution >= 4 is 40.5 Å². The predicted molar refractivity (Wildman–Crippen MR) is 76.3 cm³/mol. The second-order valence-corrected chi connectivity index (χ2v) is 6.28. The summed E-state index contributed by atoms with van der Waals surface area (Å²) in [5.41, 5.74) is 1.58. The Morgan fingerprint density at radius 1 is 1.37 bits per heavy atom. The molecule has 6 heteroatoms. The smallest absolute Gasteiger partial charge is 0.312 e. The second kappa shape index (κ2) is 4.78. The maximum absolute atomic E-state index is 11.1. The quantitative estimate of drug-likeness (QED) is 0.902. The molecule has 0 aliphatic heterocycles. The monoisotopic (exact) mass is 313 g/mol. The number of hydrogen-bond donors (Lipinski definition) is 1. The number of aliphatic carboxylic acids is 1. The number of rotatable bonds is 2. The van der Waals surface area contributed by atoms with Gasteiger partial charge in [-0.05, 0) is 25.0 Å². The summed E-state index contributed by atoms with van der Waals surface area (Å²) < 4.78 is 0. The number of carboxylic acids is 1. The van der Waals surface area contributed by atoms with E-state index in [4.69, 9.17) is 28.3 Å². The Morgan fingerprint density at radius 2 is 2.16 bits per heavy atom. The summed E-state index contributed by atoms with van der Waals surface area (Å²) in [4.78, 5) is 16.7. The average molecular weight is 314 g/mol. The Morgan fingerprint density at radius 3 is 2.84 bits per heavy atom. The lowest BCUT2D eigenvalue weighted by atomic mass is 10.1. The fraction of sp³-hybridized carbons (Fsp3) is 0.231. The van der Waals surface area contributed by atoms with Crippen molar-refractivity contribution in [2.45, 2.75) is 18.8 Å². The van der Waals surface area contributed by atoms with Crippen molar-refractivity contribution in [2.75, 3.05) is 0 Å². The van der Waals surface area contributed by atoms with Gasteiger partial charge in [0.1, 0.15) is 10.9 Å². The predicted octanol–water partition coefficient (Wildman–Crippen LogP) is 4.23. The second-order valence-electron chi connectivity index (χ2n) is 4.39. The first-order valence-electron chi connectivity index (χ1n) is 5.74. The lowest BCUT2D eigenvalue weighted by Gasteiger charge is -2.02. The molecule has 1 aliphatic carbocycles. The minimum absolute atomic E-state index is 0.470. The van der Waals surface area contributed by atoms with Gasteiger partial charge in [0.05, 0.1) is 15.7 Å². The normalized spacial score (nSPS) is 17.5. The van der Waals surface area contributed by atoms with Crippen LogP contribution in [-0.2, 0) is 11.2 Å². The van der Waals surface area contributed by atoms with E-state index >= 15 is 0 Å². The molecular weight excluding hydrogens is 305 g/mol. The number of carboxylic acid groups (broad SMARTS) is 1. The van der Waals surface area contributed by atoms with Gasteiger partial charge < -0.3 is 5.11 Å². The summed E-state index contributed by atoms with van der Waals surface area (Å²) in [6.45, 7) is 0. The van der Waals surface area contributed by atoms with Gasteiger partial charge in [0.2, 0.25) is 0 Å². The van der Waals surface area contributed by atoms with Crippen LogP contribution in [0.5, 0.6) is 0 Å². The Balaban J connectivity index is 2.02. The highest BCUT2D eigenvalue weighted by molar-refractivity contribution is 7.15. The Hall–Kier alpha value is -1.10. The number of aromatic nitrogens is 1. The molecule has 1 atom stereocenters. The molecule has 0 fully saturated rings. The number of aryl methyl sites for hydroxylation is 1. The van der Waals surface area contributed by atoms with Gasteiger partial charge in [0, 0.05) is 10.4 Å². The van der Waals surface area contributed by atoms with Crippen molar-refractivity contribution in [3.05, 3.63) is 38.8 Å². The SMILES string of the molecule is O=C(O)C1CCc2sc(-c3ccc(Cl)c(Cl)c3)nc21. The van der Waals surface area contributed by atoms with Crippen molar-refractivity contribution in [1.29, 1.82) is 0 Å². The van der Waals surface area contributed by atoms with Crippen LogP contribution in [0.15, 0.2) is 18.2 Å². The fourth-order valence-corrected chi connectivity index (χ4v) is 3.65. The van der Waals surface area contributed by atoms with Crippen molar-refractivity contribution in [3.63, 3.8) is 0 Å². The van der Waals surface area contributed by atoms with Crippen molar-refractivity contribution in [2.24, 2.45) is 0 Å². The number of benzene rings is 1. The van der Waals surface area contributed by atoms with Crippen LogP contribution >= 0.6 is 34.5 Å². The molecule has 0 spiro atoms. The third-order valence-electron chi connectivity index (χ3n) is 3.18. The molecule has 1 N–H and O–H groups in total. The van der Waals surface area contributed by atoms with Crippen LogP contribution in [-0.4, -0.2) is 16.1 Å². The third kappa shape index (κ3) is 2.24. The van der Waals surface area contributed by atoms with Crippen LogP contribution < -0.4 is 0 Å². The highest BCUT2D eigenvalue weighted by atomic mass is 35.5. The highest BCUT2D eigenvalue weighted by Crippen LogP contribution is 2.40. The van der Waals surface area contributed by atoms with Crippen LogP contribution in [0, 0.1) is 0 Å². The third-order valence-corrected chi connectivity index (χ3v) is 5.10. The van der Waals surface area contributed by atoms with Gasteiger partial charge in [-0.1, -0.05) is 29.3 Å². The fourth-order valence-electron chi connectivity index (χ4n) is 2.22. The zero-order chi connectivity index (χ0) is 13.6. The molecule has 1 heterocycles. The van der Waals surface area contributed by atoms with Crippen molar-refractivity contribution in [3.8, 4) is 10.6 Å². The van der Waals surface area contributed by atoms with Crippen LogP contribution in [0.25, 0.3) is 10.6 Å². The molecule has 1 aliphatic rings. The van der Waals surface area contributed by atoms with Gasteiger partial charge in [-0.25, -0.2) is 4.98 Å². The molecule has 19 heavy (non-hydrogen) atoms. The molecule has 1 aromatic heterocycles. The van der Waals surface area contributed by atoms with Gasteiger partial charge in [0.15, 0.2) is 0 Å². The van der Waals surface area contributed by atoms with Crippen LogP contribution in [0.3, 0.4) is 0 Å². The van der Waals surface area contributed by atoms with E-state index in [1.807, 2.05) is 6.07 Å². The zero-order valence-electron chi connectivity index (χ0n) is 9.69. The van der Waals surface area contributed by atoms with E-state index < -0.39 is 11.9 Å². The number of carbonyl (C=O) groups is 1. The number of nitrogens with zero attached hydrogens (tertiary/aromatic N) is 1. The molecular formula is C13H9Cl2NO2S. The number of halogens is 2. The molecule has 0 bridgehead atoms. The van der Waals surface area contributed by atoms with Gasteiger partial charge in [-0.3, -0.25) is 4.79 Å². The average Bonchev–Trinajstić information content (AvgIpc) is 2.91. The molecule has 0 radical (unpaired) electrons. The Bertz CT molecular complexity index is 669. The summed E-state index contributed by atoms with van der Waals surface area (Å²) in [7, 11) is 0. The Kier molecular flexibility index (Phi) is 3.25. The van der Waals surface area contributed by atoms with Gasteiger partial charge in [0.25, 0.3) is 0 Å². The molecule has 1 unspecified atom stereocenters. The standard InChI is InChI=1S/C13H9Cl2NO2S/c14-8-3-1-6(5-9(8)15)12-16-11-7(13(17)18)2-4-10(11)19-12/h1,3,5,7H,2,4H2,(H,17,18). The van der Waals surface area contributed by atoms with Gasteiger partial charge in [-0.2, -0.15) is 0 Å². The van der Waals surface area contributed by atoms with Crippen LogP contribution in [0.2, 0.25) is 10.0 Å². The molecule has 2 aromatic rings. The van der Waals surface area contributed by atoms with E-state index in [9.17, 15) is 4.79 Å². The summed E-state index contributed by atoms with van der Waals surface area (Å²) in [5.74, 6) is -1.27. The van der Waals surface area contributed by atoms with E-state index in [0.29, 0.717) is 22.2 Å². The van der Waals surface area contributed by atoms with E-state index in [1.54, 1.807) is 12.1 Å². The first-order valence-corrected chi connectivity index (χ1v) is 7.31. The highest BCUT2D eigenvalue weighted by Gasteiger charge is 2.32. The lowest BCUT2D eigenvalue weighted by molar-refractivity contribution is -0.138. The van der Waals surface area contributed by atoms with Crippen LogP contribution in [0.1, 0.15) is 22.9 Å². The maximum Gasteiger partial charge on any atom is 0.312 e. The van der Waals surface area contributed by atoms with E-state index in [0.717, 1.165) is 21.9 Å². The Labute approximate surface area is 123 Å². The van der Waals surface area contributed by atoms with E-state index in [-0.39, 0.29) is 0 Å². The summed E-state index contributed by atoms with van der Waals surface area (Å²) in [5, 5.41) is 10.9. The lowest BCUT2D eigenvalue weighted by Crippen LogP contribution is -2.08. The molecule has 3 nitrogen and oxygen atoms in total. The maximum atomic E-state index is 11.1. The van der Waals surface area contributed by atoms with E-state index in [1.165, 1.54) is 11.3 Å². The minimum atomic E-state index is -0.801.